The van der Waals surface area contributed by atoms with E-state index in [9.17, 15) is 4.79 Å². The van der Waals surface area contributed by atoms with Crippen molar-refractivity contribution in [2.45, 2.75) is 33.2 Å². The van der Waals surface area contributed by atoms with Crippen molar-refractivity contribution >= 4 is 17.2 Å². The van der Waals surface area contributed by atoms with Crippen LogP contribution in [0.4, 0.5) is 0 Å². The molecule has 2 aromatic heterocycles. The Morgan fingerprint density at radius 3 is 2.85 bits per heavy atom. The molecule has 2 rings (SSSR count). The molecule has 1 N–H and O–H groups in total. The van der Waals surface area contributed by atoms with Crippen LogP contribution in [0.2, 0.25) is 0 Å². The lowest BCUT2D eigenvalue weighted by atomic mass is 10.1. The minimum atomic E-state index is 0.0224. The van der Waals surface area contributed by atoms with Crippen LogP contribution in [0.15, 0.2) is 29.9 Å². The van der Waals surface area contributed by atoms with Crippen molar-refractivity contribution in [3.8, 4) is 10.6 Å². The Hall–Kier alpha value is -1.75. The highest BCUT2D eigenvalue weighted by atomic mass is 32.1. The fraction of sp³-hybridized carbons (Fsp3) is 0.400. The third-order valence-corrected chi connectivity index (χ3v) is 4.13. The van der Waals surface area contributed by atoms with Gasteiger partial charge in [-0.2, -0.15) is 0 Å². The van der Waals surface area contributed by atoms with E-state index in [1.807, 2.05) is 24.4 Å². The Morgan fingerprint density at radius 2 is 2.20 bits per heavy atom. The van der Waals surface area contributed by atoms with Gasteiger partial charge in [-0.05, 0) is 25.0 Å². The highest BCUT2D eigenvalue weighted by Gasteiger charge is 2.13. The number of thiazole rings is 1. The summed E-state index contributed by atoms with van der Waals surface area (Å²) < 4.78 is 0. The van der Waals surface area contributed by atoms with Gasteiger partial charge in [0.1, 0.15) is 5.01 Å². The van der Waals surface area contributed by atoms with E-state index in [0.29, 0.717) is 12.3 Å². The molecule has 0 aliphatic rings. The number of carbonyl (C=O) groups excluding carboxylic acids is 1. The average molecular weight is 289 g/mol. The zero-order valence-corrected chi connectivity index (χ0v) is 12.8. The van der Waals surface area contributed by atoms with Gasteiger partial charge in [-0.25, -0.2) is 4.98 Å². The van der Waals surface area contributed by atoms with Gasteiger partial charge in [-0.1, -0.05) is 13.8 Å². The number of hydrogen-bond acceptors (Lipinski definition) is 4. The molecule has 0 saturated heterocycles. The lowest BCUT2D eigenvalue weighted by Crippen LogP contribution is -2.37. The monoisotopic (exact) mass is 289 g/mol. The van der Waals surface area contributed by atoms with E-state index >= 15 is 0 Å². The summed E-state index contributed by atoms with van der Waals surface area (Å²) in [5.41, 5.74) is 1.79. The van der Waals surface area contributed by atoms with Crippen LogP contribution in [0.25, 0.3) is 10.6 Å². The summed E-state index contributed by atoms with van der Waals surface area (Å²) in [6.45, 7) is 6.20. The summed E-state index contributed by atoms with van der Waals surface area (Å²) in [5.74, 6) is 0.453. The first-order chi connectivity index (χ1) is 9.56. The minimum absolute atomic E-state index is 0.0224. The second-order valence-corrected chi connectivity index (χ2v) is 6.02. The van der Waals surface area contributed by atoms with Crippen LogP contribution in [0.1, 0.15) is 26.5 Å². The quantitative estimate of drug-likeness (QED) is 0.920. The second-order valence-electron chi connectivity index (χ2n) is 5.16. The van der Waals surface area contributed by atoms with Crippen molar-refractivity contribution in [1.29, 1.82) is 0 Å². The molecule has 0 saturated carbocycles. The summed E-state index contributed by atoms with van der Waals surface area (Å²) in [7, 11) is 0. The van der Waals surface area contributed by atoms with Gasteiger partial charge >= 0.3 is 0 Å². The second kappa shape index (κ2) is 6.61. The fourth-order valence-electron chi connectivity index (χ4n) is 1.65. The summed E-state index contributed by atoms with van der Waals surface area (Å²) in [4.78, 5) is 20.5. The number of hydrogen-bond donors (Lipinski definition) is 1. The van der Waals surface area contributed by atoms with Crippen LogP contribution < -0.4 is 5.32 Å². The predicted molar refractivity (Wildman–Crippen MR) is 81.5 cm³/mol. The lowest BCUT2D eigenvalue weighted by molar-refractivity contribution is -0.121. The molecule has 20 heavy (non-hydrogen) atoms. The molecule has 0 radical (unpaired) electrons. The van der Waals surface area contributed by atoms with E-state index in [2.05, 4.69) is 29.1 Å². The van der Waals surface area contributed by atoms with Crippen molar-refractivity contribution in [2.24, 2.45) is 5.92 Å². The topological polar surface area (TPSA) is 54.9 Å². The van der Waals surface area contributed by atoms with E-state index in [4.69, 9.17) is 0 Å². The first-order valence-electron chi connectivity index (χ1n) is 6.70. The third kappa shape index (κ3) is 3.87. The molecule has 0 aromatic carbocycles. The number of carbonyl (C=O) groups is 1. The van der Waals surface area contributed by atoms with Gasteiger partial charge in [0.15, 0.2) is 0 Å². The average Bonchev–Trinajstić information content (AvgIpc) is 2.88. The number of nitrogens with zero attached hydrogens (tertiary/aromatic N) is 2. The van der Waals surface area contributed by atoms with E-state index in [1.165, 1.54) is 11.3 Å². The van der Waals surface area contributed by atoms with Gasteiger partial charge in [0.05, 0.1) is 12.1 Å². The first-order valence-corrected chi connectivity index (χ1v) is 7.58. The molecule has 0 bridgehead atoms. The number of amides is 1. The summed E-state index contributed by atoms with van der Waals surface area (Å²) in [6.07, 6.45) is 3.84. The Morgan fingerprint density at radius 1 is 1.40 bits per heavy atom. The Kier molecular flexibility index (Phi) is 4.84. The smallest absolute Gasteiger partial charge is 0.226 e. The van der Waals surface area contributed by atoms with Gasteiger partial charge in [-0.3, -0.25) is 9.78 Å². The van der Waals surface area contributed by atoms with Gasteiger partial charge < -0.3 is 5.32 Å². The van der Waals surface area contributed by atoms with Crippen LogP contribution in [0.5, 0.6) is 0 Å². The largest absolute Gasteiger partial charge is 0.353 e. The molecule has 1 atom stereocenters. The van der Waals surface area contributed by atoms with E-state index in [-0.39, 0.29) is 11.9 Å². The molecule has 0 aliphatic heterocycles. The standard InChI is InChI=1S/C15H19N3OS/c1-10(2)11(3)17-14(19)7-13-9-20-15(18-13)12-5-4-6-16-8-12/h4-6,8-11H,7H2,1-3H3,(H,17,19). The van der Waals surface area contributed by atoms with E-state index in [1.54, 1.807) is 12.4 Å². The molecule has 1 amide bonds. The SMILES string of the molecule is CC(C)C(C)NC(=O)Cc1csc(-c2cccnc2)n1. The van der Waals surface area contributed by atoms with Gasteiger partial charge in [-0.15, -0.1) is 11.3 Å². The molecule has 1 unspecified atom stereocenters. The van der Waals surface area contributed by atoms with Gasteiger partial charge in [0.2, 0.25) is 5.91 Å². The Labute approximate surface area is 123 Å². The number of pyridine rings is 1. The van der Waals surface area contributed by atoms with Crippen molar-refractivity contribution in [3.63, 3.8) is 0 Å². The van der Waals surface area contributed by atoms with Crippen LogP contribution in [0, 0.1) is 5.92 Å². The van der Waals surface area contributed by atoms with E-state index < -0.39 is 0 Å². The normalized spacial score (nSPS) is 12.4. The molecule has 5 heteroatoms. The van der Waals surface area contributed by atoms with Crippen molar-refractivity contribution in [3.05, 3.63) is 35.6 Å². The Bertz CT molecular complexity index is 566. The zero-order chi connectivity index (χ0) is 14.5. The maximum absolute atomic E-state index is 11.9. The first kappa shape index (κ1) is 14.7. The van der Waals surface area contributed by atoms with Crippen molar-refractivity contribution in [1.82, 2.24) is 15.3 Å². The molecule has 106 valence electrons. The van der Waals surface area contributed by atoms with Crippen LogP contribution in [0.3, 0.4) is 0 Å². The molecule has 0 aliphatic carbocycles. The predicted octanol–water partition coefficient (Wildman–Crippen LogP) is 2.91. The molecule has 4 nitrogen and oxygen atoms in total. The van der Waals surface area contributed by atoms with Gasteiger partial charge in [0, 0.05) is 29.4 Å². The molecule has 2 aromatic rings. The molecule has 0 spiro atoms. The highest BCUT2D eigenvalue weighted by Crippen LogP contribution is 2.22. The molecular formula is C15H19N3OS. The maximum Gasteiger partial charge on any atom is 0.226 e. The van der Waals surface area contributed by atoms with Crippen LogP contribution in [-0.2, 0) is 11.2 Å². The van der Waals surface area contributed by atoms with Crippen LogP contribution >= 0.6 is 11.3 Å². The van der Waals surface area contributed by atoms with Crippen LogP contribution in [-0.4, -0.2) is 21.9 Å². The molecular weight excluding hydrogens is 270 g/mol. The summed E-state index contributed by atoms with van der Waals surface area (Å²) in [5, 5.41) is 5.82. The van der Waals surface area contributed by atoms with Crippen molar-refractivity contribution < 1.29 is 4.79 Å². The van der Waals surface area contributed by atoms with Crippen molar-refractivity contribution in [2.75, 3.05) is 0 Å². The number of nitrogens with one attached hydrogen (secondary N) is 1. The van der Waals surface area contributed by atoms with E-state index in [0.717, 1.165) is 16.3 Å². The molecule has 0 fully saturated rings. The highest BCUT2D eigenvalue weighted by molar-refractivity contribution is 7.13. The lowest BCUT2D eigenvalue weighted by Gasteiger charge is -2.16. The molecule has 2 heterocycles. The Balaban J connectivity index is 1.98. The minimum Gasteiger partial charge on any atom is -0.353 e. The number of rotatable bonds is 5. The fourth-order valence-corrected chi connectivity index (χ4v) is 2.46. The maximum atomic E-state index is 11.9. The number of aromatic nitrogens is 2. The summed E-state index contributed by atoms with van der Waals surface area (Å²) >= 11 is 1.54. The summed E-state index contributed by atoms with van der Waals surface area (Å²) in [6, 6.07) is 4.03. The third-order valence-electron chi connectivity index (χ3n) is 3.19. The zero-order valence-electron chi connectivity index (χ0n) is 12.0. The van der Waals surface area contributed by atoms with Gasteiger partial charge in [0.25, 0.3) is 0 Å².